The minimum Gasteiger partial charge on any atom is -0.267 e. The van der Waals surface area contributed by atoms with Gasteiger partial charge >= 0.3 is 0 Å². The zero-order valence-electron chi connectivity index (χ0n) is 11.6. The van der Waals surface area contributed by atoms with Crippen LogP contribution in [0.15, 0.2) is 38.7 Å². The van der Waals surface area contributed by atoms with Crippen LogP contribution in [-0.4, -0.2) is 25.8 Å². The monoisotopic (exact) mass is 364 g/mol. The highest BCUT2D eigenvalue weighted by atomic mass is 79.9. The minimum atomic E-state index is -0.0896. The van der Waals surface area contributed by atoms with Gasteiger partial charge in [-0.2, -0.15) is 9.50 Å². The first-order chi connectivity index (χ1) is 10.1. The third-order valence-electron chi connectivity index (χ3n) is 3.26. The van der Waals surface area contributed by atoms with Crippen molar-refractivity contribution in [3.63, 3.8) is 0 Å². The van der Waals surface area contributed by atoms with Crippen molar-refractivity contribution in [3.05, 3.63) is 55.9 Å². The van der Waals surface area contributed by atoms with Crippen LogP contribution in [0.25, 0.3) is 5.78 Å². The lowest BCUT2D eigenvalue weighted by atomic mass is 10.1. The van der Waals surface area contributed by atoms with Crippen LogP contribution in [0.3, 0.4) is 0 Å². The van der Waals surface area contributed by atoms with E-state index >= 15 is 0 Å². The van der Waals surface area contributed by atoms with Crippen LogP contribution in [0.4, 0.5) is 0 Å². The van der Waals surface area contributed by atoms with Crippen molar-refractivity contribution in [3.8, 4) is 0 Å². The topological polar surface area (TPSA) is 63.1 Å². The van der Waals surface area contributed by atoms with E-state index in [-0.39, 0.29) is 5.56 Å². The van der Waals surface area contributed by atoms with E-state index in [1.807, 2.05) is 37.4 Å². The Labute approximate surface area is 133 Å². The number of nitrogens with one attached hydrogen (secondary N) is 1. The number of hydrogen-bond donors (Lipinski definition) is 1. The molecule has 7 heteroatoms. The summed E-state index contributed by atoms with van der Waals surface area (Å²) in [6, 6.07) is 7.93. The first-order valence-electron chi connectivity index (χ1n) is 6.35. The van der Waals surface area contributed by atoms with Crippen LogP contribution in [-0.2, 0) is 6.42 Å². The number of halogens is 1. The Kier molecular flexibility index (Phi) is 3.86. The maximum atomic E-state index is 12.6. The van der Waals surface area contributed by atoms with Crippen LogP contribution in [0.2, 0.25) is 0 Å². The number of rotatable bonds is 3. The second kappa shape index (κ2) is 5.65. The fourth-order valence-corrected chi connectivity index (χ4v) is 2.76. The van der Waals surface area contributed by atoms with Gasteiger partial charge in [0.25, 0.3) is 11.3 Å². The first kappa shape index (κ1) is 14.3. The number of aromatic amines is 1. The number of hydrogen-bond acceptors (Lipinski definition) is 4. The molecule has 0 aliphatic rings. The Morgan fingerprint density at radius 1 is 1.29 bits per heavy atom. The third-order valence-corrected chi connectivity index (χ3v) is 4.36. The highest BCUT2D eigenvalue weighted by Crippen LogP contribution is 2.15. The fourth-order valence-electron chi connectivity index (χ4n) is 2.14. The van der Waals surface area contributed by atoms with E-state index in [0.29, 0.717) is 22.9 Å². The van der Waals surface area contributed by atoms with Crippen LogP contribution < -0.4 is 5.56 Å². The van der Waals surface area contributed by atoms with E-state index in [4.69, 9.17) is 0 Å². The molecule has 1 N–H and O–H groups in total. The predicted molar refractivity (Wildman–Crippen MR) is 87.1 cm³/mol. The number of benzene rings is 1. The Balaban J connectivity index is 2.09. The summed E-state index contributed by atoms with van der Waals surface area (Å²) in [5, 5.41) is 3.64. The highest BCUT2D eigenvalue weighted by molar-refractivity contribution is 9.10. The molecule has 0 atom stereocenters. The highest BCUT2D eigenvalue weighted by Gasteiger charge is 2.13. The van der Waals surface area contributed by atoms with Crippen LogP contribution in [0.5, 0.6) is 0 Å². The number of thioether (sulfide) groups is 1. The average molecular weight is 365 g/mol. The summed E-state index contributed by atoms with van der Waals surface area (Å²) >= 11 is 4.86. The number of aromatic nitrogens is 4. The van der Waals surface area contributed by atoms with Gasteiger partial charge in [-0.3, -0.25) is 9.89 Å². The maximum Gasteiger partial charge on any atom is 0.277 e. The number of H-pyrrole nitrogens is 1. The van der Waals surface area contributed by atoms with Crippen molar-refractivity contribution < 1.29 is 0 Å². The molecular formula is C14H13BrN4OS. The molecule has 21 heavy (non-hydrogen) atoms. The van der Waals surface area contributed by atoms with Gasteiger partial charge in [0.05, 0.1) is 5.69 Å². The Morgan fingerprint density at radius 2 is 2.00 bits per heavy atom. The molecule has 0 bridgehead atoms. The molecule has 0 radical (unpaired) electrons. The summed E-state index contributed by atoms with van der Waals surface area (Å²) in [7, 11) is 0. The zero-order valence-corrected chi connectivity index (χ0v) is 14.0. The van der Waals surface area contributed by atoms with Crippen molar-refractivity contribution >= 4 is 33.5 Å². The third kappa shape index (κ3) is 2.75. The second-order valence-electron chi connectivity index (χ2n) is 4.65. The van der Waals surface area contributed by atoms with Crippen molar-refractivity contribution in [2.24, 2.45) is 0 Å². The summed E-state index contributed by atoms with van der Waals surface area (Å²) in [5.74, 6) is 0.418. The van der Waals surface area contributed by atoms with E-state index in [1.165, 1.54) is 16.3 Å². The van der Waals surface area contributed by atoms with E-state index in [2.05, 4.69) is 31.0 Å². The molecule has 0 spiro atoms. The van der Waals surface area contributed by atoms with Gasteiger partial charge < -0.3 is 0 Å². The van der Waals surface area contributed by atoms with Gasteiger partial charge in [-0.1, -0.05) is 39.8 Å². The quantitative estimate of drug-likeness (QED) is 0.725. The lowest BCUT2D eigenvalue weighted by Crippen LogP contribution is -2.22. The molecule has 0 aliphatic carbocycles. The molecule has 2 heterocycles. The number of nitrogens with zero attached hydrogens (tertiary/aromatic N) is 3. The smallest absolute Gasteiger partial charge is 0.267 e. The largest absolute Gasteiger partial charge is 0.277 e. The van der Waals surface area contributed by atoms with Gasteiger partial charge in [-0.05, 0) is 30.9 Å². The number of fused-ring (bicyclic) bond motifs is 1. The SMILES string of the molecule is CSc1nc2nc(C)c(Cc3ccc(Br)cc3)c(=O)n2[nH]1. The minimum absolute atomic E-state index is 0.0896. The lowest BCUT2D eigenvalue weighted by Gasteiger charge is -2.05. The van der Waals surface area contributed by atoms with Gasteiger partial charge in [0.2, 0.25) is 0 Å². The van der Waals surface area contributed by atoms with Crippen molar-refractivity contribution in [2.75, 3.05) is 6.26 Å². The van der Waals surface area contributed by atoms with Crippen LogP contribution in [0, 0.1) is 6.92 Å². The first-order valence-corrected chi connectivity index (χ1v) is 8.37. The second-order valence-corrected chi connectivity index (χ2v) is 6.36. The molecule has 108 valence electrons. The molecular weight excluding hydrogens is 352 g/mol. The Bertz CT molecular complexity index is 854. The molecule has 0 saturated carbocycles. The van der Waals surface area contributed by atoms with Gasteiger partial charge in [0.15, 0.2) is 5.16 Å². The van der Waals surface area contributed by atoms with Gasteiger partial charge in [0.1, 0.15) is 0 Å². The molecule has 5 nitrogen and oxygen atoms in total. The molecule has 3 rings (SSSR count). The molecule has 0 aliphatic heterocycles. The molecule has 0 fully saturated rings. The Morgan fingerprint density at radius 3 is 2.67 bits per heavy atom. The molecule has 0 amide bonds. The lowest BCUT2D eigenvalue weighted by molar-refractivity contribution is 0.826. The predicted octanol–water partition coefficient (Wildman–Crippen LogP) is 2.80. The molecule has 0 saturated heterocycles. The summed E-state index contributed by atoms with van der Waals surface area (Å²) in [5.41, 5.74) is 2.39. The standard InChI is InChI=1S/C14H13BrN4OS/c1-8-11(7-9-3-5-10(15)6-4-9)12(20)19-13(16-8)17-14(18-19)21-2/h3-6H,7H2,1-2H3,(H,16,17,18). The van der Waals surface area contributed by atoms with Gasteiger partial charge in [-0.25, -0.2) is 4.98 Å². The molecule has 3 aromatic rings. The van der Waals surface area contributed by atoms with Crippen LogP contribution in [0.1, 0.15) is 16.8 Å². The fraction of sp³-hybridized carbons (Fsp3) is 0.214. The summed E-state index contributed by atoms with van der Waals surface area (Å²) in [6.45, 7) is 1.85. The van der Waals surface area contributed by atoms with E-state index in [9.17, 15) is 4.79 Å². The number of aryl methyl sites for hydroxylation is 1. The van der Waals surface area contributed by atoms with Gasteiger partial charge in [-0.15, -0.1) is 0 Å². The summed E-state index contributed by atoms with van der Waals surface area (Å²) in [6.07, 6.45) is 2.46. The molecule has 0 unspecified atom stereocenters. The average Bonchev–Trinajstić information content (AvgIpc) is 2.88. The summed E-state index contributed by atoms with van der Waals surface area (Å²) < 4.78 is 2.43. The molecule has 1 aromatic carbocycles. The normalized spacial score (nSPS) is 11.2. The van der Waals surface area contributed by atoms with Crippen LogP contribution >= 0.6 is 27.7 Å². The molecule has 2 aromatic heterocycles. The van der Waals surface area contributed by atoms with E-state index in [1.54, 1.807) is 0 Å². The van der Waals surface area contributed by atoms with E-state index < -0.39 is 0 Å². The van der Waals surface area contributed by atoms with Crippen molar-refractivity contribution in [1.29, 1.82) is 0 Å². The van der Waals surface area contributed by atoms with E-state index in [0.717, 1.165) is 15.7 Å². The summed E-state index contributed by atoms with van der Waals surface area (Å²) in [4.78, 5) is 21.3. The maximum absolute atomic E-state index is 12.6. The zero-order chi connectivity index (χ0) is 15.0. The van der Waals surface area contributed by atoms with Crippen molar-refractivity contribution in [2.45, 2.75) is 18.5 Å². The Hall–Kier alpha value is -1.60. The van der Waals surface area contributed by atoms with Crippen molar-refractivity contribution in [1.82, 2.24) is 19.6 Å². The van der Waals surface area contributed by atoms with Gasteiger partial charge in [0, 0.05) is 16.5 Å².